The maximum atomic E-state index is 11.9. The Balaban J connectivity index is 1.85. The predicted molar refractivity (Wildman–Crippen MR) is 84.1 cm³/mol. The summed E-state index contributed by atoms with van der Waals surface area (Å²) in [7, 11) is 0. The number of carbonyl (C=O) groups is 1. The number of ether oxygens (including phenoxy) is 1. The van der Waals surface area contributed by atoms with Crippen LogP contribution in [0.2, 0.25) is 0 Å². The first kappa shape index (κ1) is 16.7. The highest BCUT2D eigenvalue weighted by Crippen LogP contribution is 2.35. The van der Waals surface area contributed by atoms with Crippen molar-refractivity contribution in [2.24, 2.45) is 5.73 Å². The Morgan fingerprint density at radius 2 is 1.76 bits per heavy atom. The van der Waals surface area contributed by atoms with Gasteiger partial charge in [0.2, 0.25) is 5.91 Å². The van der Waals surface area contributed by atoms with E-state index in [1.165, 1.54) is 64.5 Å². The number of hydrogen-bond donors (Lipinski definition) is 2. The zero-order valence-electron chi connectivity index (χ0n) is 13.2. The predicted octanol–water partition coefficient (Wildman–Crippen LogP) is 1.27. The number of nitrogens with two attached hydrogens (primary N) is 1. The zero-order chi connectivity index (χ0) is 15.0. The van der Waals surface area contributed by atoms with Crippen molar-refractivity contribution in [3.05, 3.63) is 0 Å². The lowest BCUT2D eigenvalue weighted by atomic mass is 9.79. The Bertz CT molecular complexity index is 311. The SMILES string of the molecule is NCCOCC(=O)NCC1(N2CCCCC2)CCCCC1. The second kappa shape index (κ2) is 8.71. The van der Waals surface area contributed by atoms with Crippen molar-refractivity contribution in [1.29, 1.82) is 0 Å². The molecule has 2 aliphatic rings. The highest BCUT2D eigenvalue weighted by molar-refractivity contribution is 5.77. The van der Waals surface area contributed by atoms with Gasteiger partial charge in [-0.3, -0.25) is 9.69 Å². The summed E-state index contributed by atoms with van der Waals surface area (Å²) >= 11 is 0. The Morgan fingerprint density at radius 1 is 1.10 bits per heavy atom. The third kappa shape index (κ3) is 4.94. The minimum Gasteiger partial charge on any atom is -0.370 e. The van der Waals surface area contributed by atoms with E-state index in [1.54, 1.807) is 0 Å². The maximum Gasteiger partial charge on any atom is 0.246 e. The monoisotopic (exact) mass is 297 g/mol. The molecule has 1 aliphatic carbocycles. The smallest absolute Gasteiger partial charge is 0.246 e. The molecule has 21 heavy (non-hydrogen) atoms. The van der Waals surface area contributed by atoms with Gasteiger partial charge in [-0.25, -0.2) is 0 Å². The molecule has 0 radical (unpaired) electrons. The molecule has 0 aromatic carbocycles. The fourth-order valence-corrected chi connectivity index (χ4v) is 3.75. The van der Waals surface area contributed by atoms with E-state index in [0.29, 0.717) is 13.2 Å². The largest absolute Gasteiger partial charge is 0.370 e. The lowest BCUT2D eigenvalue weighted by Crippen LogP contribution is -2.58. The molecule has 1 heterocycles. The second-order valence-electron chi connectivity index (χ2n) is 6.45. The van der Waals surface area contributed by atoms with Crippen LogP contribution < -0.4 is 11.1 Å². The topological polar surface area (TPSA) is 67.6 Å². The molecule has 2 fully saturated rings. The van der Waals surface area contributed by atoms with Gasteiger partial charge in [-0.15, -0.1) is 0 Å². The van der Waals surface area contributed by atoms with Crippen molar-refractivity contribution in [2.75, 3.05) is 39.4 Å². The van der Waals surface area contributed by atoms with Crippen LogP contribution in [-0.4, -0.2) is 55.7 Å². The van der Waals surface area contributed by atoms with Gasteiger partial charge < -0.3 is 15.8 Å². The molecule has 0 bridgehead atoms. The lowest BCUT2D eigenvalue weighted by molar-refractivity contribution is -0.126. The van der Waals surface area contributed by atoms with Gasteiger partial charge in [0.15, 0.2) is 0 Å². The normalized spacial score (nSPS) is 22.9. The van der Waals surface area contributed by atoms with Crippen molar-refractivity contribution in [3.8, 4) is 0 Å². The van der Waals surface area contributed by atoms with Crippen LogP contribution in [0.3, 0.4) is 0 Å². The molecule has 3 N–H and O–H groups in total. The van der Waals surface area contributed by atoms with Crippen LogP contribution in [0.25, 0.3) is 0 Å². The van der Waals surface area contributed by atoms with Gasteiger partial charge in [-0.05, 0) is 38.8 Å². The van der Waals surface area contributed by atoms with Crippen molar-refractivity contribution in [1.82, 2.24) is 10.2 Å². The summed E-state index contributed by atoms with van der Waals surface area (Å²) in [6.45, 7) is 4.21. The Hall–Kier alpha value is -0.650. The van der Waals surface area contributed by atoms with Gasteiger partial charge in [0.1, 0.15) is 6.61 Å². The molecule has 2 rings (SSSR count). The summed E-state index contributed by atoms with van der Waals surface area (Å²) in [5.41, 5.74) is 5.56. The van der Waals surface area contributed by atoms with Crippen LogP contribution in [-0.2, 0) is 9.53 Å². The van der Waals surface area contributed by atoms with E-state index in [0.717, 1.165) is 6.54 Å². The van der Waals surface area contributed by atoms with Crippen LogP contribution in [0.1, 0.15) is 51.4 Å². The first-order valence-electron chi connectivity index (χ1n) is 8.56. The third-order valence-electron chi connectivity index (χ3n) is 4.92. The molecule has 1 amide bonds. The standard InChI is InChI=1S/C16H31N3O2/c17-9-12-21-13-15(20)18-14-16(7-3-1-4-8-16)19-10-5-2-6-11-19/h1-14,17H2,(H,18,20). The van der Waals surface area contributed by atoms with E-state index in [-0.39, 0.29) is 18.1 Å². The molecule has 0 aromatic heterocycles. The number of carbonyl (C=O) groups excluding carboxylic acids is 1. The average molecular weight is 297 g/mol. The van der Waals surface area contributed by atoms with Crippen molar-refractivity contribution in [3.63, 3.8) is 0 Å². The minimum atomic E-state index is -0.00888. The van der Waals surface area contributed by atoms with E-state index in [2.05, 4.69) is 10.2 Å². The van der Waals surface area contributed by atoms with E-state index in [1.807, 2.05) is 0 Å². The second-order valence-corrected chi connectivity index (χ2v) is 6.45. The van der Waals surface area contributed by atoms with Crippen LogP contribution in [0, 0.1) is 0 Å². The third-order valence-corrected chi connectivity index (χ3v) is 4.92. The fourth-order valence-electron chi connectivity index (χ4n) is 3.75. The summed E-state index contributed by atoms with van der Waals surface area (Å²) in [5, 5.41) is 3.10. The van der Waals surface area contributed by atoms with E-state index >= 15 is 0 Å². The lowest BCUT2D eigenvalue weighted by Gasteiger charge is -2.48. The molecular formula is C16H31N3O2. The number of amides is 1. The molecule has 1 saturated carbocycles. The van der Waals surface area contributed by atoms with Gasteiger partial charge in [0, 0.05) is 18.6 Å². The summed E-state index contributed by atoms with van der Waals surface area (Å²) in [5.74, 6) is -0.00888. The molecule has 5 heteroatoms. The van der Waals surface area contributed by atoms with Crippen LogP contribution >= 0.6 is 0 Å². The molecule has 122 valence electrons. The molecule has 1 aliphatic heterocycles. The van der Waals surface area contributed by atoms with E-state index < -0.39 is 0 Å². The number of nitrogens with zero attached hydrogens (tertiary/aromatic N) is 1. The van der Waals surface area contributed by atoms with Gasteiger partial charge in [-0.2, -0.15) is 0 Å². The van der Waals surface area contributed by atoms with E-state index in [9.17, 15) is 4.79 Å². The molecule has 0 unspecified atom stereocenters. The summed E-state index contributed by atoms with van der Waals surface area (Å²) < 4.78 is 5.21. The van der Waals surface area contributed by atoms with Crippen molar-refractivity contribution < 1.29 is 9.53 Å². The number of rotatable bonds is 7. The molecular weight excluding hydrogens is 266 g/mol. The van der Waals surface area contributed by atoms with Crippen molar-refractivity contribution >= 4 is 5.91 Å². The Kier molecular flexibility index (Phi) is 6.93. The summed E-state index contributed by atoms with van der Waals surface area (Å²) in [4.78, 5) is 14.5. The first-order valence-corrected chi connectivity index (χ1v) is 8.56. The van der Waals surface area contributed by atoms with Crippen LogP contribution in [0.5, 0.6) is 0 Å². The van der Waals surface area contributed by atoms with Gasteiger partial charge in [-0.1, -0.05) is 25.7 Å². The molecule has 0 atom stereocenters. The minimum absolute atomic E-state index is 0.00888. The fraction of sp³-hybridized carbons (Fsp3) is 0.938. The number of likely N-dealkylation sites (tertiary alicyclic amines) is 1. The number of nitrogens with one attached hydrogen (secondary N) is 1. The van der Waals surface area contributed by atoms with Gasteiger partial charge >= 0.3 is 0 Å². The zero-order valence-corrected chi connectivity index (χ0v) is 13.2. The van der Waals surface area contributed by atoms with Crippen LogP contribution in [0.15, 0.2) is 0 Å². The highest BCUT2D eigenvalue weighted by Gasteiger charge is 2.38. The first-order chi connectivity index (χ1) is 10.3. The average Bonchev–Trinajstić information content (AvgIpc) is 2.55. The van der Waals surface area contributed by atoms with Crippen molar-refractivity contribution in [2.45, 2.75) is 56.9 Å². The summed E-state index contributed by atoms with van der Waals surface area (Å²) in [6.07, 6.45) is 10.3. The summed E-state index contributed by atoms with van der Waals surface area (Å²) in [6, 6.07) is 0. The van der Waals surface area contributed by atoms with E-state index in [4.69, 9.17) is 10.5 Å². The van der Waals surface area contributed by atoms with Crippen LogP contribution in [0.4, 0.5) is 0 Å². The Labute approximate surface area is 128 Å². The maximum absolute atomic E-state index is 11.9. The molecule has 5 nitrogen and oxygen atoms in total. The molecule has 0 aromatic rings. The Morgan fingerprint density at radius 3 is 2.43 bits per heavy atom. The molecule has 1 saturated heterocycles. The number of hydrogen-bond acceptors (Lipinski definition) is 4. The van der Waals surface area contributed by atoms with Gasteiger partial charge in [0.25, 0.3) is 0 Å². The van der Waals surface area contributed by atoms with Gasteiger partial charge in [0.05, 0.1) is 6.61 Å². The highest BCUT2D eigenvalue weighted by atomic mass is 16.5. The number of piperidine rings is 1. The molecule has 0 spiro atoms. The quantitative estimate of drug-likeness (QED) is 0.694.